The average molecular weight is 230 g/mol. The normalized spacial score (nSPS) is 10.2. The molecule has 6 nitrogen and oxygen atoms in total. The smallest absolute Gasteiger partial charge is 0.132 e. The standard InChI is InChI=1S/C11H14N6/c1-2-10-15-9(12)6-11(16-10)13-7-8-4-3-5-14-17-8/h3-6H,2,7H2,1H3,(H3,12,13,15,16). The molecule has 0 atom stereocenters. The lowest BCUT2D eigenvalue weighted by Crippen LogP contribution is -2.07. The molecule has 0 aliphatic heterocycles. The minimum atomic E-state index is 0.471. The number of hydrogen-bond donors (Lipinski definition) is 2. The van der Waals surface area contributed by atoms with Crippen LogP contribution < -0.4 is 11.1 Å². The molecule has 0 saturated heterocycles. The molecule has 0 fully saturated rings. The number of nitrogens with one attached hydrogen (secondary N) is 1. The molecule has 0 spiro atoms. The van der Waals surface area contributed by atoms with Gasteiger partial charge in [-0.2, -0.15) is 10.2 Å². The van der Waals surface area contributed by atoms with E-state index >= 15 is 0 Å². The van der Waals surface area contributed by atoms with Crippen LogP contribution in [-0.2, 0) is 13.0 Å². The summed E-state index contributed by atoms with van der Waals surface area (Å²) in [5.41, 5.74) is 6.53. The Balaban J connectivity index is 2.06. The summed E-state index contributed by atoms with van der Waals surface area (Å²) in [4.78, 5) is 8.42. The van der Waals surface area contributed by atoms with Crippen molar-refractivity contribution < 1.29 is 0 Å². The Kier molecular flexibility index (Phi) is 3.44. The van der Waals surface area contributed by atoms with E-state index in [9.17, 15) is 0 Å². The van der Waals surface area contributed by atoms with Crippen LogP contribution in [0.1, 0.15) is 18.4 Å². The maximum absolute atomic E-state index is 5.68. The Morgan fingerprint density at radius 1 is 1.35 bits per heavy atom. The highest BCUT2D eigenvalue weighted by Crippen LogP contribution is 2.09. The fraction of sp³-hybridized carbons (Fsp3) is 0.273. The van der Waals surface area contributed by atoms with Gasteiger partial charge in [0.05, 0.1) is 12.2 Å². The molecule has 0 amide bonds. The van der Waals surface area contributed by atoms with Gasteiger partial charge < -0.3 is 11.1 Å². The molecule has 3 N–H and O–H groups in total. The van der Waals surface area contributed by atoms with Crippen molar-refractivity contribution in [3.05, 3.63) is 35.9 Å². The quantitative estimate of drug-likeness (QED) is 0.815. The van der Waals surface area contributed by atoms with Crippen LogP contribution in [0, 0.1) is 0 Å². The van der Waals surface area contributed by atoms with Crippen molar-refractivity contribution in [1.29, 1.82) is 0 Å². The van der Waals surface area contributed by atoms with Crippen LogP contribution in [-0.4, -0.2) is 20.2 Å². The molecule has 0 unspecified atom stereocenters. The first-order valence-corrected chi connectivity index (χ1v) is 5.42. The SMILES string of the molecule is CCc1nc(N)cc(NCc2cccnn2)n1. The number of anilines is 2. The fourth-order valence-electron chi connectivity index (χ4n) is 1.38. The lowest BCUT2D eigenvalue weighted by atomic mass is 10.4. The second kappa shape index (κ2) is 5.20. The first-order valence-electron chi connectivity index (χ1n) is 5.42. The average Bonchev–Trinajstić information content (AvgIpc) is 2.37. The number of rotatable bonds is 4. The molecule has 0 aliphatic carbocycles. The van der Waals surface area contributed by atoms with Gasteiger partial charge in [-0.1, -0.05) is 6.92 Å². The zero-order chi connectivity index (χ0) is 12.1. The van der Waals surface area contributed by atoms with Crippen molar-refractivity contribution in [2.45, 2.75) is 19.9 Å². The number of nitrogens with zero attached hydrogens (tertiary/aromatic N) is 4. The van der Waals surface area contributed by atoms with Gasteiger partial charge in [0.15, 0.2) is 0 Å². The Morgan fingerprint density at radius 3 is 2.94 bits per heavy atom. The molecule has 0 saturated carbocycles. The molecular weight excluding hydrogens is 216 g/mol. The molecule has 0 aliphatic rings. The van der Waals surface area contributed by atoms with E-state index in [1.165, 1.54) is 0 Å². The summed E-state index contributed by atoms with van der Waals surface area (Å²) in [7, 11) is 0. The molecule has 0 aromatic carbocycles. The van der Waals surface area contributed by atoms with E-state index in [-0.39, 0.29) is 0 Å². The van der Waals surface area contributed by atoms with Crippen molar-refractivity contribution in [3.8, 4) is 0 Å². The van der Waals surface area contributed by atoms with E-state index in [0.717, 1.165) is 17.9 Å². The predicted octanol–water partition coefficient (Wildman–Crippen LogP) is 1.02. The van der Waals surface area contributed by atoms with E-state index in [0.29, 0.717) is 18.2 Å². The van der Waals surface area contributed by atoms with Gasteiger partial charge in [-0.25, -0.2) is 9.97 Å². The molecule has 88 valence electrons. The molecule has 0 radical (unpaired) electrons. The van der Waals surface area contributed by atoms with Gasteiger partial charge in [0, 0.05) is 18.7 Å². The maximum Gasteiger partial charge on any atom is 0.132 e. The van der Waals surface area contributed by atoms with Gasteiger partial charge in [-0.3, -0.25) is 0 Å². The van der Waals surface area contributed by atoms with E-state index < -0.39 is 0 Å². The zero-order valence-electron chi connectivity index (χ0n) is 9.59. The first kappa shape index (κ1) is 11.3. The molecule has 2 aromatic rings. The summed E-state index contributed by atoms with van der Waals surface area (Å²) in [5.74, 6) is 1.91. The van der Waals surface area contributed by atoms with Crippen molar-refractivity contribution in [3.63, 3.8) is 0 Å². The first-order chi connectivity index (χ1) is 8.28. The fourth-order valence-corrected chi connectivity index (χ4v) is 1.38. The van der Waals surface area contributed by atoms with Crippen molar-refractivity contribution in [2.24, 2.45) is 0 Å². The monoisotopic (exact) mass is 230 g/mol. The van der Waals surface area contributed by atoms with Crippen molar-refractivity contribution in [2.75, 3.05) is 11.1 Å². The van der Waals surface area contributed by atoms with Crippen molar-refractivity contribution in [1.82, 2.24) is 20.2 Å². The molecular formula is C11H14N6. The molecule has 2 aromatic heterocycles. The maximum atomic E-state index is 5.68. The summed E-state index contributed by atoms with van der Waals surface area (Å²) in [6.07, 6.45) is 2.40. The van der Waals surface area contributed by atoms with Crippen LogP contribution in [0.25, 0.3) is 0 Å². The van der Waals surface area contributed by atoms with Crippen molar-refractivity contribution >= 4 is 11.6 Å². The molecule has 6 heteroatoms. The second-order valence-electron chi connectivity index (χ2n) is 3.52. The Labute approximate surface area is 99.3 Å². The van der Waals surface area contributed by atoms with Gasteiger partial charge in [0.2, 0.25) is 0 Å². The number of hydrogen-bond acceptors (Lipinski definition) is 6. The third-order valence-corrected chi connectivity index (χ3v) is 2.19. The van der Waals surface area contributed by atoms with E-state index in [4.69, 9.17) is 5.73 Å². The number of aromatic nitrogens is 4. The topological polar surface area (TPSA) is 89.6 Å². The third-order valence-electron chi connectivity index (χ3n) is 2.19. The lowest BCUT2D eigenvalue weighted by molar-refractivity contribution is 0.904. The summed E-state index contributed by atoms with van der Waals surface area (Å²) in [6, 6.07) is 5.44. The molecule has 0 bridgehead atoms. The van der Waals surface area contributed by atoms with Gasteiger partial charge in [0.1, 0.15) is 17.5 Å². The Bertz CT molecular complexity index is 485. The Morgan fingerprint density at radius 2 is 2.24 bits per heavy atom. The second-order valence-corrected chi connectivity index (χ2v) is 3.52. The third kappa shape index (κ3) is 3.10. The summed E-state index contributed by atoms with van der Waals surface area (Å²) < 4.78 is 0. The van der Waals surface area contributed by atoms with Crippen LogP contribution in [0.15, 0.2) is 24.4 Å². The van der Waals surface area contributed by atoms with E-state index in [2.05, 4.69) is 25.5 Å². The minimum absolute atomic E-state index is 0.471. The summed E-state index contributed by atoms with van der Waals surface area (Å²) >= 11 is 0. The summed E-state index contributed by atoms with van der Waals surface area (Å²) in [5, 5.41) is 10.9. The minimum Gasteiger partial charge on any atom is -0.384 e. The highest BCUT2D eigenvalue weighted by Gasteiger charge is 2.01. The van der Waals surface area contributed by atoms with E-state index in [1.54, 1.807) is 12.3 Å². The molecule has 2 rings (SSSR count). The van der Waals surface area contributed by atoms with Crippen LogP contribution in [0.5, 0.6) is 0 Å². The number of aryl methyl sites for hydroxylation is 1. The van der Waals surface area contributed by atoms with Crippen LogP contribution in [0.2, 0.25) is 0 Å². The van der Waals surface area contributed by atoms with Gasteiger partial charge in [-0.15, -0.1) is 0 Å². The summed E-state index contributed by atoms with van der Waals surface area (Å²) in [6.45, 7) is 2.55. The molecule has 2 heterocycles. The van der Waals surface area contributed by atoms with Gasteiger partial charge in [0.25, 0.3) is 0 Å². The Hall–Kier alpha value is -2.24. The molecule has 17 heavy (non-hydrogen) atoms. The number of nitrogens with two attached hydrogens (primary N) is 1. The number of nitrogen functional groups attached to an aromatic ring is 1. The highest BCUT2D eigenvalue weighted by atomic mass is 15.1. The van der Waals surface area contributed by atoms with Crippen LogP contribution in [0.3, 0.4) is 0 Å². The van der Waals surface area contributed by atoms with Crippen LogP contribution >= 0.6 is 0 Å². The lowest BCUT2D eigenvalue weighted by Gasteiger charge is -2.06. The van der Waals surface area contributed by atoms with Crippen LogP contribution in [0.4, 0.5) is 11.6 Å². The van der Waals surface area contributed by atoms with Gasteiger partial charge >= 0.3 is 0 Å². The van der Waals surface area contributed by atoms with E-state index in [1.807, 2.05) is 19.1 Å². The predicted molar refractivity (Wildman–Crippen MR) is 65.2 cm³/mol. The highest BCUT2D eigenvalue weighted by molar-refractivity contribution is 5.44. The van der Waals surface area contributed by atoms with Gasteiger partial charge in [-0.05, 0) is 12.1 Å². The zero-order valence-corrected chi connectivity index (χ0v) is 9.59. The largest absolute Gasteiger partial charge is 0.384 e.